The van der Waals surface area contributed by atoms with Crippen LogP contribution in [0.3, 0.4) is 0 Å². The molecule has 0 saturated heterocycles. The van der Waals surface area contributed by atoms with Crippen LogP contribution in [0.5, 0.6) is 5.75 Å². The maximum absolute atomic E-state index is 12.2. The van der Waals surface area contributed by atoms with Crippen LogP contribution in [-0.4, -0.2) is 15.9 Å². The molecule has 1 amide bonds. The molecule has 0 bridgehead atoms. The van der Waals surface area contributed by atoms with E-state index < -0.39 is 0 Å². The first-order chi connectivity index (χ1) is 10.7. The summed E-state index contributed by atoms with van der Waals surface area (Å²) in [6.45, 7) is 0.505. The van der Waals surface area contributed by atoms with Gasteiger partial charge in [0.2, 0.25) is 0 Å². The van der Waals surface area contributed by atoms with Crippen LogP contribution in [0.1, 0.15) is 28.8 Å². The van der Waals surface area contributed by atoms with E-state index in [1.165, 1.54) is 0 Å². The van der Waals surface area contributed by atoms with Crippen molar-refractivity contribution in [2.45, 2.75) is 29.4 Å². The molecule has 0 spiro atoms. The summed E-state index contributed by atoms with van der Waals surface area (Å²) in [5.41, 5.74) is 1.77. The van der Waals surface area contributed by atoms with Gasteiger partial charge in [-0.25, -0.2) is 0 Å². The molecule has 2 aromatic carbocycles. The molecule has 0 unspecified atom stereocenters. The molecule has 1 fully saturated rings. The van der Waals surface area contributed by atoms with Gasteiger partial charge in [-0.05, 0) is 36.6 Å². The van der Waals surface area contributed by atoms with Gasteiger partial charge in [-0.1, -0.05) is 59.0 Å². The van der Waals surface area contributed by atoms with Gasteiger partial charge in [-0.15, -0.1) is 0 Å². The highest BCUT2D eigenvalue weighted by Gasteiger charge is 2.28. The summed E-state index contributed by atoms with van der Waals surface area (Å²) in [6.07, 6.45) is 2.13. The number of nitrogens with one attached hydrogen (secondary N) is 1. The van der Waals surface area contributed by atoms with Gasteiger partial charge >= 0.3 is 0 Å². The number of benzene rings is 2. The Morgan fingerprint density at radius 3 is 2.64 bits per heavy atom. The first kappa shape index (κ1) is 15.3. The van der Waals surface area contributed by atoms with E-state index in [1.54, 1.807) is 6.07 Å². The van der Waals surface area contributed by atoms with E-state index in [0.29, 0.717) is 22.1 Å². The molecule has 1 saturated carbocycles. The molecule has 1 N–H and O–H groups in total. The van der Waals surface area contributed by atoms with Crippen molar-refractivity contribution in [1.82, 2.24) is 5.32 Å². The fraction of sp³-hybridized carbons (Fsp3) is 0.278. The number of alkyl halides is 1. The first-order valence-electron chi connectivity index (χ1n) is 7.42. The lowest BCUT2D eigenvalue weighted by Gasteiger charge is -2.31. The molecule has 0 aliphatic heterocycles. The van der Waals surface area contributed by atoms with Gasteiger partial charge in [-0.3, -0.25) is 4.79 Å². The van der Waals surface area contributed by atoms with Crippen molar-refractivity contribution in [3.63, 3.8) is 0 Å². The summed E-state index contributed by atoms with van der Waals surface area (Å²) in [4.78, 5) is 12.2. The highest BCUT2D eigenvalue weighted by Crippen LogP contribution is 2.27. The summed E-state index contributed by atoms with van der Waals surface area (Å²) >= 11 is 2.42. The molecule has 0 aromatic heterocycles. The Kier molecular flexibility index (Phi) is 4.97. The van der Waals surface area contributed by atoms with E-state index in [9.17, 15) is 4.79 Å². The Morgan fingerprint density at radius 1 is 1.14 bits per heavy atom. The maximum atomic E-state index is 12.2. The molecule has 0 atom stereocenters. The number of halogens is 1. The van der Waals surface area contributed by atoms with E-state index in [4.69, 9.17) is 4.74 Å². The highest BCUT2D eigenvalue weighted by molar-refractivity contribution is 14.1. The van der Waals surface area contributed by atoms with E-state index in [-0.39, 0.29) is 5.91 Å². The standard InChI is InChI=1S/C18H18INO2/c19-15-10-16(11-15)20-18(21)14-7-4-8-17(9-14)22-12-13-5-2-1-3-6-13/h1-9,15-16H,10-12H2,(H,20,21). The van der Waals surface area contributed by atoms with Gasteiger partial charge in [0.1, 0.15) is 12.4 Å². The fourth-order valence-electron chi connectivity index (χ4n) is 2.40. The van der Waals surface area contributed by atoms with Crippen LogP contribution in [0.25, 0.3) is 0 Å². The number of carbonyl (C=O) groups is 1. The third-order valence-corrected chi connectivity index (χ3v) is 4.78. The van der Waals surface area contributed by atoms with Gasteiger partial charge in [0.15, 0.2) is 0 Å². The Morgan fingerprint density at radius 2 is 1.91 bits per heavy atom. The Labute approximate surface area is 144 Å². The third kappa shape index (κ3) is 4.00. The largest absolute Gasteiger partial charge is 0.489 e. The first-order valence-corrected chi connectivity index (χ1v) is 8.67. The third-order valence-electron chi connectivity index (χ3n) is 3.76. The lowest BCUT2D eigenvalue weighted by Crippen LogP contribution is -2.44. The second-order valence-corrected chi connectivity index (χ2v) is 7.30. The summed E-state index contributed by atoms with van der Waals surface area (Å²) in [5.74, 6) is 0.704. The van der Waals surface area contributed by atoms with Gasteiger partial charge < -0.3 is 10.1 Å². The minimum Gasteiger partial charge on any atom is -0.489 e. The monoisotopic (exact) mass is 407 g/mol. The average molecular weight is 407 g/mol. The maximum Gasteiger partial charge on any atom is 0.251 e. The number of carbonyl (C=O) groups excluding carboxylic acids is 1. The van der Waals surface area contributed by atoms with Crippen molar-refractivity contribution >= 4 is 28.5 Å². The van der Waals surface area contributed by atoms with Crippen LogP contribution in [0.2, 0.25) is 0 Å². The van der Waals surface area contributed by atoms with Crippen molar-refractivity contribution in [3.8, 4) is 5.75 Å². The molecular formula is C18H18INO2. The molecule has 0 heterocycles. The number of hydrogen-bond donors (Lipinski definition) is 1. The number of rotatable bonds is 5. The van der Waals surface area contributed by atoms with Crippen LogP contribution in [-0.2, 0) is 6.61 Å². The van der Waals surface area contributed by atoms with Crippen LogP contribution >= 0.6 is 22.6 Å². The average Bonchev–Trinajstić information content (AvgIpc) is 2.53. The fourth-order valence-corrected chi connectivity index (χ4v) is 3.63. The smallest absolute Gasteiger partial charge is 0.251 e. The van der Waals surface area contributed by atoms with Gasteiger partial charge in [0.25, 0.3) is 5.91 Å². The van der Waals surface area contributed by atoms with E-state index in [0.717, 1.165) is 24.2 Å². The Balaban J connectivity index is 1.58. The zero-order valence-electron chi connectivity index (χ0n) is 12.2. The van der Waals surface area contributed by atoms with E-state index in [2.05, 4.69) is 27.9 Å². The molecule has 3 rings (SSSR count). The SMILES string of the molecule is O=C(NC1CC(I)C1)c1cccc(OCc2ccccc2)c1. The van der Waals surface area contributed by atoms with E-state index >= 15 is 0 Å². The van der Waals surface area contributed by atoms with Crippen molar-refractivity contribution in [3.05, 3.63) is 65.7 Å². The second-order valence-electron chi connectivity index (χ2n) is 5.54. The molecule has 1 aliphatic carbocycles. The van der Waals surface area contributed by atoms with Crippen LogP contribution in [0.4, 0.5) is 0 Å². The number of amides is 1. The minimum absolute atomic E-state index is 0.0153. The summed E-state index contributed by atoms with van der Waals surface area (Å²) in [7, 11) is 0. The topological polar surface area (TPSA) is 38.3 Å². The molecule has 2 aromatic rings. The predicted octanol–water partition coefficient (Wildman–Crippen LogP) is 3.96. The zero-order chi connectivity index (χ0) is 15.4. The summed E-state index contributed by atoms with van der Waals surface area (Å²) in [5, 5.41) is 3.06. The van der Waals surface area contributed by atoms with Gasteiger partial charge in [0, 0.05) is 15.5 Å². The normalized spacial score (nSPS) is 20.0. The van der Waals surface area contributed by atoms with Gasteiger partial charge in [0.05, 0.1) is 0 Å². The summed E-state index contributed by atoms with van der Waals surface area (Å²) in [6, 6.07) is 17.7. The highest BCUT2D eigenvalue weighted by atomic mass is 127. The summed E-state index contributed by atoms with van der Waals surface area (Å²) < 4.78 is 6.46. The molecule has 0 radical (unpaired) electrons. The lowest BCUT2D eigenvalue weighted by atomic mass is 9.93. The molecule has 3 nitrogen and oxygen atoms in total. The van der Waals surface area contributed by atoms with Crippen LogP contribution < -0.4 is 10.1 Å². The predicted molar refractivity (Wildman–Crippen MR) is 95.5 cm³/mol. The number of ether oxygens (including phenoxy) is 1. The second kappa shape index (κ2) is 7.13. The number of hydrogen-bond acceptors (Lipinski definition) is 2. The molecule has 114 valence electrons. The quantitative estimate of drug-likeness (QED) is 0.602. The van der Waals surface area contributed by atoms with Crippen LogP contribution in [0.15, 0.2) is 54.6 Å². The molecule has 1 aliphatic rings. The van der Waals surface area contributed by atoms with Gasteiger partial charge in [-0.2, -0.15) is 0 Å². The zero-order valence-corrected chi connectivity index (χ0v) is 14.3. The lowest BCUT2D eigenvalue weighted by molar-refractivity contribution is 0.0920. The molecule has 4 heteroatoms. The minimum atomic E-state index is -0.0153. The van der Waals surface area contributed by atoms with Crippen molar-refractivity contribution in [1.29, 1.82) is 0 Å². The van der Waals surface area contributed by atoms with Crippen molar-refractivity contribution in [2.75, 3.05) is 0 Å². The van der Waals surface area contributed by atoms with Crippen molar-refractivity contribution < 1.29 is 9.53 Å². The van der Waals surface area contributed by atoms with Crippen molar-refractivity contribution in [2.24, 2.45) is 0 Å². The Hall–Kier alpha value is -1.56. The van der Waals surface area contributed by atoms with E-state index in [1.807, 2.05) is 48.5 Å². The van der Waals surface area contributed by atoms with Crippen LogP contribution in [0, 0.1) is 0 Å². The molecule has 22 heavy (non-hydrogen) atoms. The Bertz CT molecular complexity index is 639. The molecular weight excluding hydrogens is 389 g/mol.